The van der Waals surface area contributed by atoms with Gasteiger partial charge in [0.25, 0.3) is 6.43 Å². The van der Waals surface area contributed by atoms with Crippen LogP contribution in [0.15, 0.2) is 16.7 Å². The van der Waals surface area contributed by atoms with Crippen molar-refractivity contribution in [3.63, 3.8) is 0 Å². The van der Waals surface area contributed by atoms with Crippen molar-refractivity contribution in [1.29, 1.82) is 0 Å². The first-order valence-electron chi connectivity index (χ1n) is 3.21. The second-order valence-electron chi connectivity index (χ2n) is 2.08. The molecule has 0 spiro atoms. The molecule has 1 rings (SSSR count). The summed E-state index contributed by atoms with van der Waals surface area (Å²) in [6.07, 6.45) is -1.17. The molecule has 0 aromatic carbocycles. The molecule has 11 heavy (non-hydrogen) atoms. The van der Waals surface area contributed by atoms with Crippen LogP contribution in [0.2, 0.25) is 0 Å². The second-order valence-corrected chi connectivity index (χ2v) is 2.08. The summed E-state index contributed by atoms with van der Waals surface area (Å²) in [4.78, 5) is 0. The molecule has 0 aliphatic heterocycles. The fourth-order valence-corrected chi connectivity index (χ4v) is 0.866. The molecule has 1 aromatic rings. The van der Waals surface area contributed by atoms with Crippen molar-refractivity contribution in [3.8, 4) is 0 Å². The predicted octanol–water partition coefficient (Wildman–Crippen LogP) is 1.75. The Labute approximate surface area is 62.4 Å². The van der Waals surface area contributed by atoms with E-state index in [-0.39, 0.29) is 18.8 Å². The summed E-state index contributed by atoms with van der Waals surface area (Å²) < 4.78 is 28.5. The van der Waals surface area contributed by atoms with Gasteiger partial charge in [0, 0.05) is 12.2 Å². The van der Waals surface area contributed by atoms with Gasteiger partial charge in [-0.05, 0) is 12.5 Å². The summed E-state index contributed by atoms with van der Waals surface area (Å²) in [5.74, 6) is -0.334. The van der Waals surface area contributed by atoms with Gasteiger partial charge in [0.05, 0.1) is 6.26 Å². The number of alkyl halides is 2. The van der Waals surface area contributed by atoms with Gasteiger partial charge in [-0.15, -0.1) is 0 Å². The Morgan fingerprint density at radius 3 is 2.82 bits per heavy atom. The predicted molar refractivity (Wildman–Crippen MR) is 34.5 cm³/mol. The van der Waals surface area contributed by atoms with Crippen LogP contribution in [-0.4, -0.2) is 11.7 Å². The summed E-state index contributed by atoms with van der Waals surface area (Å²) in [5.41, 5.74) is 0.377. The molecule has 1 aromatic heterocycles. The topological polar surface area (TPSA) is 33.4 Å². The van der Waals surface area contributed by atoms with Crippen LogP contribution in [0.3, 0.4) is 0 Å². The van der Waals surface area contributed by atoms with Gasteiger partial charge in [0.1, 0.15) is 0 Å². The van der Waals surface area contributed by atoms with Gasteiger partial charge in [-0.3, -0.25) is 0 Å². The van der Waals surface area contributed by atoms with E-state index in [4.69, 9.17) is 5.11 Å². The highest BCUT2D eigenvalue weighted by atomic mass is 19.3. The molecule has 0 atom stereocenters. The molecule has 0 bridgehead atoms. The van der Waals surface area contributed by atoms with Gasteiger partial charge in [-0.2, -0.15) is 0 Å². The quantitative estimate of drug-likeness (QED) is 0.734. The number of furan rings is 1. The lowest BCUT2D eigenvalue weighted by Crippen LogP contribution is -1.93. The minimum absolute atomic E-state index is 0.140. The van der Waals surface area contributed by atoms with E-state index in [0.29, 0.717) is 5.56 Å². The number of halogens is 2. The Balaban J connectivity index is 2.78. The van der Waals surface area contributed by atoms with Crippen molar-refractivity contribution < 1.29 is 18.3 Å². The van der Waals surface area contributed by atoms with Crippen LogP contribution in [0.1, 0.15) is 17.7 Å². The summed E-state index contributed by atoms with van der Waals surface area (Å²) in [6.45, 7) is -0.140. The number of aliphatic hydroxyl groups excluding tert-OH is 1. The highest BCUT2D eigenvalue weighted by molar-refractivity contribution is 5.17. The smallest absolute Gasteiger partial charge is 0.295 e. The van der Waals surface area contributed by atoms with E-state index >= 15 is 0 Å². The molecule has 1 N–H and O–H groups in total. The maximum Gasteiger partial charge on any atom is 0.295 e. The molecular formula is C7H8F2O2. The lowest BCUT2D eigenvalue weighted by Gasteiger charge is -1.97. The molecule has 0 fully saturated rings. The number of aliphatic hydroxyl groups is 1. The van der Waals surface area contributed by atoms with E-state index in [2.05, 4.69) is 4.42 Å². The van der Waals surface area contributed by atoms with Crippen molar-refractivity contribution in [2.75, 3.05) is 6.61 Å². The number of rotatable bonds is 3. The molecule has 1 heterocycles. The maximum absolute atomic E-state index is 12.0. The molecule has 0 radical (unpaired) electrons. The number of hydrogen-bond donors (Lipinski definition) is 1. The molecule has 0 saturated carbocycles. The van der Waals surface area contributed by atoms with Crippen molar-refractivity contribution in [2.45, 2.75) is 12.8 Å². The first-order chi connectivity index (χ1) is 5.25. The van der Waals surface area contributed by atoms with Crippen LogP contribution in [0.4, 0.5) is 8.78 Å². The summed E-state index contributed by atoms with van der Waals surface area (Å²) in [7, 11) is 0. The van der Waals surface area contributed by atoms with E-state index in [1.807, 2.05) is 0 Å². The summed E-state index contributed by atoms with van der Waals surface area (Å²) in [5, 5.41) is 8.46. The zero-order chi connectivity index (χ0) is 8.27. The van der Waals surface area contributed by atoms with E-state index < -0.39 is 6.43 Å². The third-order valence-electron chi connectivity index (χ3n) is 1.36. The molecule has 0 aliphatic carbocycles. The first kappa shape index (κ1) is 8.20. The van der Waals surface area contributed by atoms with Crippen LogP contribution < -0.4 is 0 Å². The largest absolute Gasteiger partial charge is 0.463 e. The Morgan fingerprint density at radius 2 is 2.27 bits per heavy atom. The van der Waals surface area contributed by atoms with E-state index in [1.54, 1.807) is 0 Å². The second kappa shape index (κ2) is 3.48. The van der Waals surface area contributed by atoms with E-state index in [9.17, 15) is 8.78 Å². The van der Waals surface area contributed by atoms with Crippen LogP contribution in [0.25, 0.3) is 0 Å². The Kier molecular flexibility index (Phi) is 2.59. The standard InChI is InChI=1S/C7H8F2O2/c8-7(9)6-5(1-3-10)2-4-11-6/h2,4,7,10H,1,3H2. The summed E-state index contributed by atoms with van der Waals surface area (Å²) >= 11 is 0. The highest BCUT2D eigenvalue weighted by Gasteiger charge is 2.15. The lowest BCUT2D eigenvalue weighted by molar-refractivity contribution is 0.120. The molecule has 0 saturated heterocycles. The first-order valence-corrected chi connectivity index (χ1v) is 3.21. The van der Waals surface area contributed by atoms with Gasteiger partial charge in [-0.25, -0.2) is 8.78 Å². The zero-order valence-corrected chi connectivity index (χ0v) is 5.76. The van der Waals surface area contributed by atoms with E-state index in [1.165, 1.54) is 12.3 Å². The molecule has 0 amide bonds. The Morgan fingerprint density at radius 1 is 1.55 bits per heavy atom. The fraction of sp³-hybridized carbons (Fsp3) is 0.429. The maximum atomic E-state index is 12.0. The van der Waals surface area contributed by atoms with Crippen LogP contribution >= 0.6 is 0 Å². The van der Waals surface area contributed by atoms with Crippen molar-refractivity contribution in [3.05, 3.63) is 23.7 Å². The van der Waals surface area contributed by atoms with Crippen LogP contribution in [0, 0.1) is 0 Å². The van der Waals surface area contributed by atoms with Gasteiger partial charge in [-0.1, -0.05) is 0 Å². The average molecular weight is 162 g/mol. The lowest BCUT2D eigenvalue weighted by atomic mass is 10.2. The van der Waals surface area contributed by atoms with Crippen molar-refractivity contribution >= 4 is 0 Å². The normalized spacial score (nSPS) is 10.9. The molecule has 4 heteroatoms. The van der Waals surface area contributed by atoms with Crippen LogP contribution in [-0.2, 0) is 6.42 Å². The highest BCUT2D eigenvalue weighted by Crippen LogP contribution is 2.23. The molecule has 0 aliphatic rings. The molecule has 0 unspecified atom stereocenters. The van der Waals surface area contributed by atoms with Crippen molar-refractivity contribution in [1.82, 2.24) is 0 Å². The minimum atomic E-state index is -2.59. The van der Waals surface area contributed by atoms with Gasteiger partial charge < -0.3 is 9.52 Å². The Hall–Kier alpha value is -0.900. The van der Waals surface area contributed by atoms with Crippen molar-refractivity contribution in [2.24, 2.45) is 0 Å². The number of hydrogen-bond acceptors (Lipinski definition) is 2. The fourth-order valence-electron chi connectivity index (χ4n) is 0.866. The zero-order valence-electron chi connectivity index (χ0n) is 5.76. The molecule has 2 nitrogen and oxygen atoms in total. The minimum Gasteiger partial charge on any atom is -0.463 e. The average Bonchev–Trinajstić information content (AvgIpc) is 2.36. The molecule has 62 valence electrons. The van der Waals surface area contributed by atoms with Gasteiger partial charge >= 0.3 is 0 Å². The van der Waals surface area contributed by atoms with Gasteiger partial charge in [0.2, 0.25) is 0 Å². The Bertz CT molecular complexity index is 220. The monoisotopic (exact) mass is 162 g/mol. The summed E-state index contributed by atoms with van der Waals surface area (Å²) in [6, 6.07) is 1.44. The van der Waals surface area contributed by atoms with E-state index in [0.717, 1.165) is 0 Å². The van der Waals surface area contributed by atoms with Gasteiger partial charge in [0.15, 0.2) is 5.76 Å². The SMILES string of the molecule is OCCc1ccoc1C(F)F. The van der Waals surface area contributed by atoms with Crippen LogP contribution in [0.5, 0.6) is 0 Å². The third-order valence-corrected chi connectivity index (χ3v) is 1.36. The molecular weight excluding hydrogens is 154 g/mol. The third kappa shape index (κ3) is 1.77.